The van der Waals surface area contributed by atoms with Crippen LogP contribution >= 0.6 is 0 Å². The van der Waals surface area contributed by atoms with Crippen LogP contribution in [0.4, 0.5) is 17.5 Å². The van der Waals surface area contributed by atoms with Crippen LogP contribution in [0.5, 0.6) is 0 Å². The Morgan fingerprint density at radius 1 is 0.966 bits per heavy atom. The lowest BCUT2D eigenvalue weighted by Crippen LogP contribution is -2.10. The molecule has 2 aromatic carbocycles. The zero-order valence-corrected chi connectivity index (χ0v) is 17.2. The molecule has 0 bridgehead atoms. The standard InChI is InChI=1S/C24H27N5/c1-24(2,3)18-8-10-19(11-9-18)28-22-13-15-26-23(29-22)25-14-12-17-16-27-21-7-5-4-6-20(17)21/h4-11,13,15-16,27H,12,14H2,1-3H3,(H2,25,26,28,29). The molecule has 5 nitrogen and oxygen atoms in total. The number of benzene rings is 2. The van der Waals surface area contributed by atoms with Crippen molar-refractivity contribution < 1.29 is 0 Å². The number of nitrogens with zero attached hydrogens (tertiary/aromatic N) is 2. The number of hydrogen-bond acceptors (Lipinski definition) is 4. The summed E-state index contributed by atoms with van der Waals surface area (Å²) < 4.78 is 0. The summed E-state index contributed by atoms with van der Waals surface area (Å²) in [6.45, 7) is 7.42. The maximum absolute atomic E-state index is 4.58. The Labute approximate surface area is 171 Å². The lowest BCUT2D eigenvalue weighted by atomic mass is 9.87. The first-order valence-corrected chi connectivity index (χ1v) is 9.98. The van der Waals surface area contributed by atoms with E-state index in [-0.39, 0.29) is 5.41 Å². The molecular formula is C24H27N5. The van der Waals surface area contributed by atoms with Crippen LogP contribution in [-0.2, 0) is 11.8 Å². The van der Waals surface area contributed by atoms with E-state index >= 15 is 0 Å². The molecule has 0 aliphatic rings. The second-order valence-corrected chi connectivity index (χ2v) is 8.25. The fourth-order valence-corrected chi connectivity index (χ4v) is 3.36. The third-order valence-electron chi connectivity index (χ3n) is 5.03. The van der Waals surface area contributed by atoms with Crippen LogP contribution in [0.1, 0.15) is 31.9 Å². The van der Waals surface area contributed by atoms with Crippen LogP contribution in [-0.4, -0.2) is 21.5 Å². The van der Waals surface area contributed by atoms with Crippen molar-refractivity contribution in [3.63, 3.8) is 0 Å². The van der Waals surface area contributed by atoms with E-state index in [2.05, 4.69) is 95.0 Å². The Morgan fingerprint density at radius 3 is 2.55 bits per heavy atom. The SMILES string of the molecule is CC(C)(C)c1ccc(Nc2ccnc(NCCc3c[nH]c4ccccc34)n2)cc1. The summed E-state index contributed by atoms with van der Waals surface area (Å²) in [5.74, 6) is 1.40. The molecule has 0 saturated carbocycles. The van der Waals surface area contributed by atoms with Gasteiger partial charge in [0.25, 0.3) is 0 Å². The Morgan fingerprint density at radius 2 is 1.76 bits per heavy atom. The average molecular weight is 386 g/mol. The molecular weight excluding hydrogens is 358 g/mol. The Bertz CT molecular complexity index is 1090. The summed E-state index contributed by atoms with van der Waals surface area (Å²) in [5, 5.41) is 7.95. The van der Waals surface area contributed by atoms with Crippen molar-refractivity contribution in [2.75, 3.05) is 17.2 Å². The van der Waals surface area contributed by atoms with Crippen molar-refractivity contribution in [3.8, 4) is 0 Å². The second kappa shape index (κ2) is 7.95. The number of anilines is 3. The van der Waals surface area contributed by atoms with Crippen molar-refractivity contribution in [3.05, 3.63) is 78.1 Å². The molecule has 0 unspecified atom stereocenters. The van der Waals surface area contributed by atoms with E-state index in [1.54, 1.807) is 6.20 Å². The highest BCUT2D eigenvalue weighted by atomic mass is 15.1. The van der Waals surface area contributed by atoms with Crippen LogP contribution in [0.25, 0.3) is 10.9 Å². The zero-order chi connectivity index (χ0) is 20.3. The molecule has 0 aliphatic carbocycles. The van der Waals surface area contributed by atoms with Gasteiger partial charge in [-0.3, -0.25) is 0 Å². The average Bonchev–Trinajstić information content (AvgIpc) is 3.11. The van der Waals surface area contributed by atoms with Gasteiger partial charge in [-0.15, -0.1) is 0 Å². The Hall–Kier alpha value is -3.34. The van der Waals surface area contributed by atoms with E-state index in [1.165, 1.54) is 22.0 Å². The number of fused-ring (bicyclic) bond motifs is 1. The molecule has 148 valence electrons. The zero-order valence-electron chi connectivity index (χ0n) is 17.2. The van der Waals surface area contributed by atoms with Gasteiger partial charge in [-0.05, 0) is 47.2 Å². The highest BCUT2D eigenvalue weighted by Crippen LogP contribution is 2.24. The van der Waals surface area contributed by atoms with Gasteiger partial charge in [0.2, 0.25) is 5.95 Å². The van der Waals surface area contributed by atoms with E-state index in [0.717, 1.165) is 24.5 Å². The van der Waals surface area contributed by atoms with Crippen molar-refractivity contribution in [2.45, 2.75) is 32.6 Å². The molecule has 0 fully saturated rings. The molecule has 4 rings (SSSR count). The summed E-state index contributed by atoms with van der Waals surface area (Å²) >= 11 is 0. The van der Waals surface area contributed by atoms with Crippen LogP contribution in [0.3, 0.4) is 0 Å². The number of H-pyrrole nitrogens is 1. The van der Waals surface area contributed by atoms with Gasteiger partial charge in [0.1, 0.15) is 5.82 Å². The van der Waals surface area contributed by atoms with E-state index in [9.17, 15) is 0 Å². The summed E-state index contributed by atoms with van der Waals surface area (Å²) in [7, 11) is 0. The van der Waals surface area contributed by atoms with Gasteiger partial charge in [0, 0.05) is 35.5 Å². The van der Waals surface area contributed by atoms with Crippen molar-refractivity contribution in [1.29, 1.82) is 0 Å². The smallest absolute Gasteiger partial charge is 0.224 e. The number of nitrogens with one attached hydrogen (secondary N) is 3. The molecule has 29 heavy (non-hydrogen) atoms. The summed E-state index contributed by atoms with van der Waals surface area (Å²) in [6, 6.07) is 18.7. The maximum atomic E-state index is 4.58. The van der Waals surface area contributed by atoms with Crippen molar-refractivity contribution in [2.24, 2.45) is 0 Å². The number of para-hydroxylation sites is 1. The maximum Gasteiger partial charge on any atom is 0.224 e. The van der Waals surface area contributed by atoms with E-state index < -0.39 is 0 Å². The van der Waals surface area contributed by atoms with Crippen molar-refractivity contribution >= 4 is 28.4 Å². The van der Waals surface area contributed by atoms with Crippen LogP contribution in [0, 0.1) is 0 Å². The lowest BCUT2D eigenvalue weighted by Gasteiger charge is -2.19. The van der Waals surface area contributed by atoms with Crippen molar-refractivity contribution in [1.82, 2.24) is 15.0 Å². The molecule has 5 heteroatoms. The molecule has 0 spiro atoms. The predicted octanol–water partition coefficient (Wildman–Crippen LogP) is 5.65. The lowest BCUT2D eigenvalue weighted by molar-refractivity contribution is 0.590. The Kier molecular flexibility index (Phi) is 5.21. The molecule has 2 heterocycles. The van der Waals surface area contributed by atoms with Gasteiger partial charge in [0.15, 0.2) is 0 Å². The van der Waals surface area contributed by atoms with Gasteiger partial charge in [0.05, 0.1) is 0 Å². The van der Waals surface area contributed by atoms with E-state index in [4.69, 9.17) is 0 Å². The van der Waals surface area contributed by atoms with E-state index in [1.807, 2.05) is 12.1 Å². The van der Waals surface area contributed by atoms with Crippen LogP contribution in [0.15, 0.2) is 67.0 Å². The van der Waals surface area contributed by atoms with E-state index in [0.29, 0.717) is 5.95 Å². The third kappa shape index (κ3) is 4.57. The molecule has 2 aromatic heterocycles. The fourth-order valence-electron chi connectivity index (χ4n) is 3.36. The van der Waals surface area contributed by atoms with Gasteiger partial charge < -0.3 is 15.6 Å². The minimum atomic E-state index is 0.148. The fraction of sp³-hybridized carbons (Fsp3) is 0.250. The van der Waals surface area contributed by atoms with Gasteiger partial charge in [-0.1, -0.05) is 51.1 Å². The molecule has 0 amide bonds. The van der Waals surface area contributed by atoms with Gasteiger partial charge >= 0.3 is 0 Å². The van der Waals surface area contributed by atoms with Crippen LogP contribution in [0.2, 0.25) is 0 Å². The first-order chi connectivity index (χ1) is 14.0. The molecule has 0 saturated heterocycles. The number of hydrogen-bond donors (Lipinski definition) is 3. The quantitative estimate of drug-likeness (QED) is 0.401. The highest BCUT2D eigenvalue weighted by molar-refractivity contribution is 5.83. The second-order valence-electron chi connectivity index (χ2n) is 8.25. The first-order valence-electron chi connectivity index (χ1n) is 9.98. The molecule has 0 atom stereocenters. The molecule has 3 N–H and O–H groups in total. The molecule has 0 aliphatic heterocycles. The summed E-state index contributed by atoms with van der Waals surface area (Å²) in [6.07, 6.45) is 4.75. The minimum Gasteiger partial charge on any atom is -0.361 e. The Balaban J connectivity index is 1.37. The largest absolute Gasteiger partial charge is 0.361 e. The summed E-state index contributed by atoms with van der Waals surface area (Å²) in [5.41, 5.74) is 4.94. The number of aromatic amines is 1. The van der Waals surface area contributed by atoms with Gasteiger partial charge in [-0.25, -0.2) is 4.98 Å². The first kappa shape index (κ1) is 19.0. The third-order valence-corrected chi connectivity index (χ3v) is 5.03. The molecule has 4 aromatic rings. The monoisotopic (exact) mass is 385 g/mol. The number of rotatable bonds is 6. The summed E-state index contributed by atoms with van der Waals surface area (Å²) in [4.78, 5) is 12.2. The molecule has 0 radical (unpaired) electrons. The normalized spacial score (nSPS) is 11.6. The van der Waals surface area contributed by atoms with Gasteiger partial charge in [-0.2, -0.15) is 4.98 Å². The number of aromatic nitrogens is 3. The highest BCUT2D eigenvalue weighted by Gasteiger charge is 2.12. The topological polar surface area (TPSA) is 65.6 Å². The predicted molar refractivity (Wildman–Crippen MR) is 121 cm³/mol. The minimum absolute atomic E-state index is 0.148. The van der Waals surface area contributed by atoms with Crippen LogP contribution < -0.4 is 10.6 Å².